The quantitative estimate of drug-likeness (QED) is 0.375. The second kappa shape index (κ2) is 10.1. The van der Waals surface area contributed by atoms with Crippen molar-refractivity contribution in [2.24, 2.45) is 5.92 Å². The third-order valence-electron chi connectivity index (χ3n) is 6.77. The molecule has 1 saturated heterocycles. The smallest absolute Gasteiger partial charge is 0.332 e. The zero-order valence-corrected chi connectivity index (χ0v) is 20.9. The number of barbiturate groups is 1. The first kappa shape index (κ1) is 24.7. The molecule has 0 bridgehead atoms. The van der Waals surface area contributed by atoms with Crippen molar-refractivity contribution in [3.63, 3.8) is 0 Å². The number of nitrogens with zero attached hydrogens (tertiary/aromatic N) is 2. The van der Waals surface area contributed by atoms with Gasteiger partial charge in [0.05, 0.1) is 6.26 Å². The molecule has 0 radical (unpaired) electrons. The minimum Gasteiger partial charge on any atom is -0.497 e. The number of urea groups is 1. The van der Waals surface area contributed by atoms with Crippen molar-refractivity contribution in [1.82, 2.24) is 9.80 Å². The van der Waals surface area contributed by atoms with E-state index in [0.29, 0.717) is 17.2 Å². The van der Waals surface area contributed by atoms with Gasteiger partial charge in [-0.15, -0.1) is 0 Å². The van der Waals surface area contributed by atoms with Crippen LogP contribution < -0.4 is 0 Å². The van der Waals surface area contributed by atoms with Gasteiger partial charge < -0.3 is 4.74 Å². The summed E-state index contributed by atoms with van der Waals surface area (Å²) in [5, 5.41) is 0.523. The van der Waals surface area contributed by atoms with Crippen molar-refractivity contribution in [2.45, 2.75) is 38.2 Å². The van der Waals surface area contributed by atoms with Gasteiger partial charge in [0.2, 0.25) is 0 Å². The number of carbonyl (C=O) groups excluding carboxylic acids is 3. The van der Waals surface area contributed by atoms with E-state index in [-0.39, 0.29) is 0 Å². The molecule has 1 heterocycles. The summed E-state index contributed by atoms with van der Waals surface area (Å²) in [4.78, 5) is 42.3. The third-order valence-corrected chi connectivity index (χ3v) is 7.00. The molecule has 35 heavy (non-hydrogen) atoms. The number of imide groups is 2. The zero-order chi connectivity index (χ0) is 25.2. The second-order valence-corrected chi connectivity index (χ2v) is 9.39. The van der Waals surface area contributed by atoms with Gasteiger partial charge in [-0.3, -0.25) is 19.4 Å². The van der Waals surface area contributed by atoms with Gasteiger partial charge >= 0.3 is 6.03 Å². The Kier molecular flexibility index (Phi) is 7.13. The summed E-state index contributed by atoms with van der Waals surface area (Å²) in [5.74, 6) is -1.76. The number of likely N-dealkylation sites (N-methyl/N-ethyl adjacent to an activating group) is 2. The number of allylic oxidation sites excluding steroid dienone is 3. The summed E-state index contributed by atoms with van der Waals surface area (Å²) in [6, 6.07) is 14.3. The van der Waals surface area contributed by atoms with Gasteiger partial charge in [0.25, 0.3) is 11.8 Å². The summed E-state index contributed by atoms with van der Waals surface area (Å²) >= 11 is 6.35. The van der Waals surface area contributed by atoms with Crippen LogP contribution in [0.15, 0.2) is 66.9 Å². The molecule has 1 unspecified atom stereocenters. The molecule has 4 amide bonds. The molecule has 2 aliphatic rings. The Morgan fingerprint density at radius 3 is 2.37 bits per heavy atom. The minimum absolute atomic E-state index is 0.357. The lowest BCUT2D eigenvalue weighted by atomic mass is 9.61. The van der Waals surface area contributed by atoms with Gasteiger partial charge in [-0.25, -0.2) is 4.79 Å². The number of amides is 4. The van der Waals surface area contributed by atoms with Crippen LogP contribution in [0.5, 0.6) is 0 Å². The summed E-state index contributed by atoms with van der Waals surface area (Å²) < 4.78 is 5.78. The van der Waals surface area contributed by atoms with Crippen molar-refractivity contribution in [2.75, 3.05) is 14.1 Å². The largest absolute Gasteiger partial charge is 0.497 e. The van der Waals surface area contributed by atoms with E-state index in [1.54, 1.807) is 24.5 Å². The van der Waals surface area contributed by atoms with Crippen LogP contribution in [-0.2, 0) is 26.3 Å². The molecule has 4 rings (SSSR count). The van der Waals surface area contributed by atoms with Crippen molar-refractivity contribution in [3.05, 3.63) is 88.7 Å². The van der Waals surface area contributed by atoms with Crippen molar-refractivity contribution >= 4 is 35.0 Å². The number of unbranched alkanes of at least 4 members (excludes halogenated alkanes) is 1. The topological polar surface area (TPSA) is 66.9 Å². The molecule has 1 aliphatic carbocycles. The third kappa shape index (κ3) is 4.27. The highest BCUT2D eigenvalue weighted by molar-refractivity contribution is 6.31. The average molecular weight is 493 g/mol. The van der Waals surface area contributed by atoms with Crippen molar-refractivity contribution in [3.8, 4) is 0 Å². The molecule has 1 aliphatic heterocycles. The van der Waals surface area contributed by atoms with Crippen LogP contribution in [0.3, 0.4) is 0 Å². The molecule has 1 atom stereocenters. The molecular formula is C28H29ClN2O4. The fourth-order valence-electron chi connectivity index (χ4n) is 4.92. The molecule has 182 valence electrons. The van der Waals surface area contributed by atoms with E-state index in [4.69, 9.17) is 16.3 Å². The maximum absolute atomic E-state index is 13.8. The van der Waals surface area contributed by atoms with Crippen LogP contribution in [0.1, 0.15) is 42.9 Å². The number of carbonyl (C=O) groups is 3. The number of hydrogen-bond acceptors (Lipinski definition) is 4. The van der Waals surface area contributed by atoms with Crippen LogP contribution in [0, 0.1) is 5.92 Å². The molecule has 2 aromatic carbocycles. The van der Waals surface area contributed by atoms with Gasteiger partial charge in [0, 0.05) is 25.0 Å². The summed E-state index contributed by atoms with van der Waals surface area (Å²) in [6.07, 6.45) is 7.99. The maximum Gasteiger partial charge on any atom is 0.332 e. The fraction of sp³-hybridized carbons (Fsp3) is 0.321. The minimum atomic E-state index is -1.63. The zero-order valence-electron chi connectivity index (χ0n) is 20.2. The Balaban J connectivity index is 1.82. The van der Waals surface area contributed by atoms with Crippen molar-refractivity contribution < 1.29 is 19.1 Å². The highest BCUT2D eigenvalue weighted by Crippen LogP contribution is 2.49. The van der Waals surface area contributed by atoms with E-state index in [9.17, 15) is 14.4 Å². The number of benzene rings is 2. The molecule has 2 aromatic rings. The molecule has 1 fully saturated rings. The van der Waals surface area contributed by atoms with Crippen LogP contribution in [-0.4, -0.2) is 41.7 Å². The normalized spacial score (nSPS) is 19.4. The summed E-state index contributed by atoms with van der Waals surface area (Å²) in [5.41, 5.74) is 1.74. The first-order chi connectivity index (χ1) is 16.8. The van der Waals surface area contributed by atoms with E-state index in [1.165, 1.54) is 14.1 Å². The Hall–Kier alpha value is -3.38. The lowest BCUT2D eigenvalue weighted by molar-refractivity contribution is -0.152. The van der Waals surface area contributed by atoms with Crippen LogP contribution >= 0.6 is 11.6 Å². The maximum atomic E-state index is 13.8. The predicted molar refractivity (Wildman–Crippen MR) is 135 cm³/mol. The van der Waals surface area contributed by atoms with Gasteiger partial charge in [-0.1, -0.05) is 67.4 Å². The van der Waals surface area contributed by atoms with Crippen molar-refractivity contribution in [1.29, 1.82) is 0 Å². The SMILES string of the molecule is CCCCC1=CC(/C=C/OCc2ccccc2)C2(C(=O)N(C)C(=O)N(C)C2=O)c2ccc(Cl)cc21. The lowest BCUT2D eigenvalue weighted by Gasteiger charge is -2.47. The Bertz CT molecular complexity index is 1180. The number of halogens is 1. The second-order valence-electron chi connectivity index (χ2n) is 8.96. The Morgan fingerprint density at radius 2 is 1.71 bits per heavy atom. The molecular weight excluding hydrogens is 464 g/mol. The number of fused-ring (bicyclic) bond motifs is 2. The first-order valence-corrected chi connectivity index (χ1v) is 12.1. The summed E-state index contributed by atoms with van der Waals surface area (Å²) in [7, 11) is 2.82. The van der Waals surface area contributed by atoms with Gasteiger partial charge in [0.15, 0.2) is 5.41 Å². The molecule has 0 aromatic heterocycles. The number of rotatable bonds is 7. The summed E-state index contributed by atoms with van der Waals surface area (Å²) in [6.45, 7) is 2.47. The Labute approximate surface area is 210 Å². The van der Waals surface area contributed by atoms with Crippen LogP contribution in [0.25, 0.3) is 5.57 Å². The van der Waals surface area contributed by atoms with E-state index in [0.717, 1.165) is 45.8 Å². The van der Waals surface area contributed by atoms with E-state index < -0.39 is 29.2 Å². The highest BCUT2D eigenvalue weighted by atomic mass is 35.5. The number of ether oxygens (including phenoxy) is 1. The molecule has 6 nitrogen and oxygen atoms in total. The molecule has 1 spiro atoms. The molecule has 7 heteroatoms. The van der Waals surface area contributed by atoms with Gasteiger partial charge in [-0.2, -0.15) is 0 Å². The van der Waals surface area contributed by atoms with E-state index in [1.807, 2.05) is 42.5 Å². The van der Waals surface area contributed by atoms with E-state index >= 15 is 0 Å². The van der Waals surface area contributed by atoms with E-state index in [2.05, 4.69) is 6.92 Å². The standard InChI is InChI=1S/C28H29ClN2O4/c1-4-5-11-20-16-21(14-15-35-18-19-9-7-6-8-10-19)28(24-13-12-22(29)17-23(20)24)25(32)30(2)27(34)31(3)26(28)33/h6-10,12-17,21H,4-5,11,18H2,1-3H3/b15-14+. The van der Waals surface area contributed by atoms with Gasteiger partial charge in [-0.05, 0) is 53.3 Å². The highest BCUT2D eigenvalue weighted by Gasteiger charge is 2.61. The first-order valence-electron chi connectivity index (χ1n) is 11.8. The monoisotopic (exact) mass is 492 g/mol. The van der Waals surface area contributed by atoms with Gasteiger partial charge in [0.1, 0.15) is 6.61 Å². The predicted octanol–water partition coefficient (Wildman–Crippen LogP) is 5.56. The Morgan fingerprint density at radius 1 is 1.03 bits per heavy atom. The number of hydrogen-bond donors (Lipinski definition) is 0. The van der Waals surface area contributed by atoms with Crippen LogP contribution in [0.4, 0.5) is 4.79 Å². The average Bonchev–Trinajstić information content (AvgIpc) is 2.87. The molecule has 0 N–H and O–H groups in total. The molecule has 0 saturated carbocycles. The lowest BCUT2D eigenvalue weighted by Crippen LogP contribution is -2.68. The van der Waals surface area contributed by atoms with Crippen LogP contribution in [0.2, 0.25) is 5.02 Å². The fourth-order valence-corrected chi connectivity index (χ4v) is 5.09.